The maximum absolute atomic E-state index is 13.1. The van der Waals surface area contributed by atoms with Crippen molar-refractivity contribution in [3.63, 3.8) is 0 Å². The van der Waals surface area contributed by atoms with Crippen LogP contribution in [0.1, 0.15) is 23.3 Å². The predicted octanol–water partition coefficient (Wildman–Crippen LogP) is 4.63. The fraction of sp³-hybridized carbons (Fsp3) is 0.176. The van der Waals surface area contributed by atoms with E-state index < -0.39 is 5.82 Å². The second-order valence-electron chi connectivity index (χ2n) is 5.31. The largest absolute Gasteiger partial charge is 0.457 e. The van der Waals surface area contributed by atoms with E-state index in [1.54, 1.807) is 19.1 Å². The molecule has 1 unspecified atom stereocenters. The highest BCUT2D eigenvalue weighted by Gasteiger charge is 2.14. The Morgan fingerprint density at radius 1 is 1.20 bits per heavy atom. The highest BCUT2D eigenvalue weighted by molar-refractivity contribution is 6.30. The van der Waals surface area contributed by atoms with Gasteiger partial charge in [0, 0.05) is 6.07 Å². The number of nitrogens with zero attached hydrogens (tertiary/aromatic N) is 2. The summed E-state index contributed by atoms with van der Waals surface area (Å²) in [4.78, 5) is 4.12. The average molecular weight is 384 g/mol. The van der Waals surface area contributed by atoms with Gasteiger partial charge in [-0.05, 0) is 43.2 Å². The Kier molecular flexibility index (Phi) is 6.36. The lowest BCUT2D eigenvalue weighted by molar-refractivity contribution is 0.351. The van der Waals surface area contributed by atoms with Crippen molar-refractivity contribution >= 4 is 24.0 Å². The maximum atomic E-state index is 13.1. The zero-order valence-electron chi connectivity index (χ0n) is 13.3. The van der Waals surface area contributed by atoms with E-state index in [0.29, 0.717) is 29.6 Å². The summed E-state index contributed by atoms with van der Waals surface area (Å²) < 4.78 is 23.8. The van der Waals surface area contributed by atoms with Crippen LogP contribution >= 0.6 is 24.0 Å². The highest BCUT2D eigenvalue weighted by Crippen LogP contribution is 2.26. The zero-order valence-corrected chi connectivity index (χ0v) is 14.9. The quantitative estimate of drug-likeness (QED) is 0.695. The standard InChI is InChI=1S/C17H15ClFN3O2.ClH/c1-10-21-17(24-22-10)16(20)8-11-2-4-12(5-3-11)23-13-6-7-15(19)14(18)9-13;/h2-7,9,16H,8,20H2,1H3;1H. The molecule has 0 aliphatic rings. The molecule has 0 bridgehead atoms. The van der Waals surface area contributed by atoms with Crippen LogP contribution in [0.2, 0.25) is 5.02 Å². The molecule has 0 saturated carbocycles. The predicted molar refractivity (Wildman–Crippen MR) is 94.8 cm³/mol. The van der Waals surface area contributed by atoms with Crippen LogP contribution in [0, 0.1) is 12.7 Å². The molecule has 132 valence electrons. The normalized spacial score (nSPS) is 11.7. The van der Waals surface area contributed by atoms with Crippen molar-refractivity contribution in [1.82, 2.24) is 10.1 Å². The van der Waals surface area contributed by atoms with E-state index >= 15 is 0 Å². The molecule has 3 aromatic rings. The first kappa shape index (κ1) is 19.2. The number of aryl methyl sites for hydroxylation is 1. The lowest BCUT2D eigenvalue weighted by Gasteiger charge is -2.09. The van der Waals surface area contributed by atoms with Crippen LogP contribution in [-0.4, -0.2) is 10.1 Å². The first-order chi connectivity index (χ1) is 11.5. The van der Waals surface area contributed by atoms with Gasteiger partial charge in [-0.25, -0.2) is 4.39 Å². The first-order valence-electron chi connectivity index (χ1n) is 7.29. The number of hydrogen-bond donors (Lipinski definition) is 1. The summed E-state index contributed by atoms with van der Waals surface area (Å²) in [5.74, 6) is 1.57. The molecule has 2 aromatic carbocycles. The topological polar surface area (TPSA) is 74.2 Å². The summed E-state index contributed by atoms with van der Waals surface area (Å²) in [6.45, 7) is 1.74. The Balaban J connectivity index is 0.00000225. The molecule has 0 spiro atoms. The van der Waals surface area contributed by atoms with E-state index in [1.807, 2.05) is 12.1 Å². The van der Waals surface area contributed by atoms with Crippen LogP contribution in [0.3, 0.4) is 0 Å². The van der Waals surface area contributed by atoms with Crippen molar-refractivity contribution in [2.75, 3.05) is 0 Å². The zero-order chi connectivity index (χ0) is 17.1. The van der Waals surface area contributed by atoms with Gasteiger partial charge >= 0.3 is 0 Å². The second kappa shape index (κ2) is 8.29. The molecule has 25 heavy (non-hydrogen) atoms. The molecule has 5 nitrogen and oxygen atoms in total. The molecule has 0 amide bonds. The monoisotopic (exact) mass is 383 g/mol. The molecular formula is C17H16Cl2FN3O2. The molecule has 1 heterocycles. The summed E-state index contributed by atoms with van der Waals surface area (Å²) in [5.41, 5.74) is 7.06. The molecule has 0 aliphatic heterocycles. The number of aromatic nitrogens is 2. The SMILES string of the molecule is Cc1noc(C(N)Cc2ccc(Oc3ccc(F)c(Cl)c3)cc2)n1.Cl. The van der Waals surface area contributed by atoms with E-state index in [2.05, 4.69) is 10.1 Å². The second-order valence-corrected chi connectivity index (χ2v) is 5.72. The van der Waals surface area contributed by atoms with Gasteiger partial charge in [-0.2, -0.15) is 4.98 Å². The lowest BCUT2D eigenvalue weighted by atomic mass is 10.1. The van der Waals surface area contributed by atoms with Crippen molar-refractivity contribution < 1.29 is 13.7 Å². The average Bonchev–Trinajstić information content (AvgIpc) is 2.99. The van der Waals surface area contributed by atoms with Crippen LogP contribution in [-0.2, 0) is 6.42 Å². The summed E-state index contributed by atoms with van der Waals surface area (Å²) in [7, 11) is 0. The van der Waals surface area contributed by atoms with Gasteiger partial charge < -0.3 is 15.0 Å². The fourth-order valence-electron chi connectivity index (χ4n) is 2.17. The first-order valence-corrected chi connectivity index (χ1v) is 7.66. The Morgan fingerprint density at radius 3 is 2.48 bits per heavy atom. The van der Waals surface area contributed by atoms with Crippen LogP contribution in [0.15, 0.2) is 47.0 Å². The van der Waals surface area contributed by atoms with E-state index in [-0.39, 0.29) is 23.5 Å². The number of benzene rings is 2. The Morgan fingerprint density at radius 2 is 1.88 bits per heavy atom. The maximum Gasteiger partial charge on any atom is 0.243 e. The Labute approximate surface area is 155 Å². The van der Waals surface area contributed by atoms with Crippen molar-refractivity contribution in [3.05, 3.63) is 70.6 Å². The minimum Gasteiger partial charge on any atom is -0.457 e. The molecule has 0 saturated heterocycles. The van der Waals surface area contributed by atoms with E-state index in [1.165, 1.54) is 18.2 Å². The summed E-state index contributed by atoms with van der Waals surface area (Å²) in [6.07, 6.45) is 0.560. The van der Waals surface area contributed by atoms with Gasteiger partial charge in [0.1, 0.15) is 17.3 Å². The highest BCUT2D eigenvalue weighted by atomic mass is 35.5. The smallest absolute Gasteiger partial charge is 0.243 e. The van der Waals surface area contributed by atoms with E-state index in [4.69, 9.17) is 26.6 Å². The minimum absolute atomic E-state index is 0. The third kappa shape index (κ3) is 4.92. The van der Waals surface area contributed by atoms with Gasteiger partial charge in [0.2, 0.25) is 5.89 Å². The number of ether oxygens (including phenoxy) is 1. The molecule has 2 N–H and O–H groups in total. The number of halogens is 3. The molecule has 1 atom stereocenters. The van der Waals surface area contributed by atoms with Gasteiger partial charge in [-0.3, -0.25) is 0 Å². The Hall–Kier alpha value is -2.15. The van der Waals surface area contributed by atoms with Gasteiger partial charge in [0.25, 0.3) is 0 Å². The van der Waals surface area contributed by atoms with Crippen LogP contribution < -0.4 is 10.5 Å². The van der Waals surface area contributed by atoms with E-state index in [0.717, 1.165) is 5.56 Å². The number of hydrogen-bond acceptors (Lipinski definition) is 5. The van der Waals surface area contributed by atoms with Gasteiger partial charge in [-0.1, -0.05) is 28.9 Å². The number of rotatable bonds is 5. The summed E-state index contributed by atoms with van der Waals surface area (Å²) in [6, 6.07) is 11.2. The van der Waals surface area contributed by atoms with Gasteiger partial charge in [0.05, 0.1) is 11.1 Å². The van der Waals surface area contributed by atoms with Crippen LogP contribution in [0.25, 0.3) is 0 Å². The van der Waals surface area contributed by atoms with Crippen molar-refractivity contribution in [2.45, 2.75) is 19.4 Å². The molecule has 8 heteroatoms. The summed E-state index contributed by atoms with van der Waals surface area (Å²) >= 11 is 5.73. The van der Waals surface area contributed by atoms with Crippen molar-refractivity contribution in [3.8, 4) is 11.5 Å². The summed E-state index contributed by atoms with van der Waals surface area (Å²) in [5, 5.41) is 3.75. The molecule has 0 aliphatic carbocycles. The third-order valence-electron chi connectivity index (χ3n) is 3.37. The Bertz CT molecular complexity index is 840. The van der Waals surface area contributed by atoms with Gasteiger partial charge in [0.15, 0.2) is 5.82 Å². The lowest BCUT2D eigenvalue weighted by Crippen LogP contribution is -2.13. The van der Waals surface area contributed by atoms with Crippen molar-refractivity contribution in [1.29, 1.82) is 0 Å². The van der Waals surface area contributed by atoms with Crippen LogP contribution in [0.5, 0.6) is 11.5 Å². The molecule has 1 aromatic heterocycles. The number of nitrogens with two attached hydrogens (primary N) is 1. The molecule has 0 fully saturated rings. The molecule has 3 rings (SSSR count). The van der Waals surface area contributed by atoms with Crippen molar-refractivity contribution in [2.24, 2.45) is 5.73 Å². The molecule has 0 radical (unpaired) electrons. The molecular weight excluding hydrogens is 368 g/mol. The van der Waals surface area contributed by atoms with Gasteiger partial charge in [-0.15, -0.1) is 12.4 Å². The minimum atomic E-state index is -0.482. The fourth-order valence-corrected chi connectivity index (χ4v) is 2.35. The van der Waals surface area contributed by atoms with Crippen LogP contribution in [0.4, 0.5) is 4.39 Å². The third-order valence-corrected chi connectivity index (χ3v) is 3.66. The van der Waals surface area contributed by atoms with E-state index in [9.17, 15) is 4.39 Å².